The summed E-state index contributed by atoms with van der Waals surface area (Å²) in [4.78, 5) is 62.0. The minimum Gasteiger partial charge on any atom is -0.494 e. The highest BCUT2D eigenvalue weighted by Gasteiger charge is 2.62. The topological polar surface area (TPSA) is 182 Å². The highest BCUT2D eigenvalue weighted by molar-refractivity contribution is 7.91. The Morgan fingerprint density at radius 3 is 2.52 bits per heavy atom. The predicted octanol–water partition coefficient (Wildman–Crippen LogP) is 5.57. The van der Waals surface area contributed by atoms with Gasteiger partial charge in [0.15, 0.2) is 0 Å². The maximum absolute atomic E-state index is 14.9. The van der Waals surface area contributed by atoms with Crippen molar-refractivity contribution in [2.45, 2.75) is 120 Å². The molecule has 3 heterocycles. The molecule has 1 aromatic heterocycles. The number of alkyl halides is 3. The molecule has 318 valence electrons. The summed E-state index contributed by atoms with van der Waals surface area (Å²) in [6.45, 7) is 4.88. The van der Waals surface area contributed by atoms with Gasteiger partial charge in [-0.2, -0.15) is 13.2 Å². The van der Waals surface area contributed by atoms with E-state index in [2.05, 4.69) is 20.3 Å². The third-order valence-electron chi connectivity index (χ3n) is 11.6. The van der Waals surface area contributed by atoms with Gasteiger partial charge in [-0.15, -0.1) is 0 Å². The predicted molar refractivity (Wildman–Crippen MR) is 206 cm³/mol. The lowest BCUT2D eigenvalue weighted by Crippen LogP contribution is -2.59. The second kappa shape index (κ2) is 16.4. The summed E-state index contributed by atoms with van der Waals surface area (Å²) in [5.74, 6) is -3.17. The van der Waals surface area contributed by atoms with Crippen molar-refractivity contribution in [3.63, 3.8) is 0 Å². The number of halogens is 4. The van der Waals surface area contributed by atoms with Gasteiger partial charge < -0.3 is 29.7 Å². The number of methoxy groups -OCH3 is 1. The van der Waals surface area contributed by atoms with Gasteiger partial charge in [0.05, 0.1) is 30.1 Å². The Morgan fingerprint density at radius 1 is 1.14 bits per heavy atom. The van der Waals surface area contributed by atoms with Gasteiger partial charge in [-0.1, -0.05) is 50.1 Å². The molecule has 2 saturated carbocycles. The number of hydrogen-bond acceptors (Lipinski definition) is 10. The maximum Gasteiger partial charge on any atom is 0.427 e. The van der Waals surface area contributed by atoms with Crippen molar-refractivity contribution in [1.82, 2.24) is 25.2 Å². The summed E-state index contributed by atoms with van der Waals surface area (Å²) in [5.41, 5.74) is -4.54. The van der Waals surface area contributed by atoms with Gasteiger partial charge in [0.2, 0.25) is 33.3 Å². The number of nitrogens with zero attached hydrogens (tertiary/aromatic N) is 2. The first-order valence-electron chi connectivity index (χ1n) is 19.4. The molecule has 4 aliphatic rings. The summed E-state index contributed by atoms with van der Waals surface area (Å²) >= 11 is 6.52. The third-order valence-corrected chi connectivity index (χ3v) is 13.7. The van der Waals surface area contributed by atoms with Gasteiger partial charge in [-0.3, -0.25) is 19.1 Å². The second-order valence-corrected chi connectivity index (χ2v) is 18.6. The number of benzene rings is 1. The lowest BCUT2D eigenvalue weighted by Gasteiger charge is -2.35. The number of fused-ring (bicyclic) bond motifs is 3. The quantitative estimate of drug-likeness (QED) is 0.270. The molecule has 7 unspecified atom stereocenters. The van der Waals surface area contributed by atoms with Gasteiger partial charge in [-0.05, 0) is 76.3 Å². The van der Waals surface area contributed by atoms with Crippen LogP contribution in [0.2, 0.25) is 5.02 Å². The Kier molecular flexibility index (Phi) is 12.2. The molecular formula is C39H49ClF3N5O9S. The van der Waals surface area contributed by atoms with Crippen LogP contribution >= 0.6 is 11.6 Å². The van der Waals surface area contributed by atoms with E-state index in [0.717, 1.165) is 0 Å². The van der Waals surface area contributed by atoms with E-state index in [9.17, 15) is 40.8 Å². The number of carbonyl (C=O) groups is 4. The van der Waals surface area contributed by atoms with Crippen LogP contribution in [-0.2, 0) is 29.1 Å². The number of allylic oxidation sites excluding steroid dienone is 1. The van der Waals surface area contributed by atoms with Gasteiger partial charge in [0.1, 0.15) is 29.5 Å². The standard InChI is InChI=1S/C39H49ClF3N5O9S/c1-6-22-16-21(2)10-7-8-11-23-18-38(23,35(51)47-58(53,54)25-14-15-25)46-32(49)28-17-24(56-33-26-12-9-13-27(40)30(26)29(55-5)19-44-33)20-48(28)34(50)31(22)45-36(52)57-37(3,4)39(41,42)43/h8-9,11-13,19,21-25,28,31H,6-7,10,14-18,20H2,1-5H3,(H,45,52)(H,46,49)(H,47,51). The first-order valence-corrected chi connectivity index (χ1v) is 21.3. The SMILES string of the molecule is CCC1CC(C)CCC=CC2CC2(C(=O)NS(=O)(=O)C2CC2)NC(=O)C2CC(Oc3ncc(OC)c4c(Cl)cccc34)CN2C(=O)C1NC(=O)OC(C)(C)C(F)(F)F. The molecule has 1 saturated heterocycles. The largest absolute Gasteiger partial charge is 0.494 e. The summed E-state index contributed by atoms with van der Waals surface area (Å²) in [6, 6.07) is 2.27. The minimum atomic E-state index is -4.92. The van der Waals surface area contributed by atoms with E-state index in [1.165, 1.54) is 18.2 Å². The molecule has 0 bridgehead atoms. The van der Waals surface area contributed by atoms with Crippen molar-refractivity contribution in [1.29, 1.82) is 0 Å². The van der Waals surface area contributed by atoms with E-state index >= 15 is 0 Å². The van der Waals surface area contributed by atoms with Crippen LogP contribution in [0.5, 0.6) is 11.6 Å². The fourth-order valence-electron chi connectivity index (χ4n) is 7.77. The number of hydrogen-bond donors (Lipinski definition) is 3. The Bertz CT molecular complexity index is 2080. The van der Waals surface area contributed by atoms with Crippen LogP contribution in [-0.4, -0.2) is 96.5 Å². The fourth-order valence-corrected chi connectivity index (χ4v) is 9.40. The summed E-state index contributed by atoms with van der Waals surface area (Å²) < 4.78 is 85.9. The van der Waals surface area contributed by atoms with E-state index in [-0.39, 0.29) is 31.2 Å². The third kappa shape index (κ3) is 8.97. The Morgan fingerprint density at radius 2 is 1.86 bits per heavy atom. The van der Waals surface area contributed by atoms with Crippen LogP contribution in [0.4, 0.5) is 18.0 Å². The molecule has 4 amide bonds. The van der Waals surface area contributed by atoms with Crippen LogP contribution in [0.25, 0.3) is 10.8 Å². The molecule has 7 atom stereocenters. The molecule has 14 nitrogen and oxygen atoms in total. The number of nitrogens with one attached hydrogen (secondary N) is 3. The fraction of sp³-hybridized carbons (Fsp3) is 0.615. The first kappa shape index (κ1) is 43.3. The molecule has 19 heteroatoms. The van der Waals surface area contributed by atoms with Gasteiger partial charge in [-0.25, -0.2) is 18.2 Å². The number of ether oxygens (including phenoxy) is 3. The number of alkyl carbamates (subject to hydrolysis) is 1. The van der Waals surface area contributed by atoms with E-state index in [1.54, 1.807) is 31.2 Å². The smallest absolute Gasteiger partial charge is 0.427 e. The molecule has 3 fully saturated rings. The van der Waals surface area contributed by atoms with Crippen LogP contribution in [0, 0.1) is 17.8 Å². The maximum atomic E-state index is 14.9. The molecular weight excluding hydrogens is 807 g/mol. The van der Waals surface area contributed by atoms with E-state index in [4.69, 9.17) is 25.8 Å². The number of sulfonamides is 1. The van der Waals surface area contributed by atoms with Crippen LogP contribution in [0.3, 0.4) is 0 Å². The summed E-state index contributed by atoms with van der Waals surface area (Å²) in [6.07, 6.45) is 0.389. The summed E-state index contributed by atoms with van der Waals surface area (Å²) in [5, 5.41) is 5.83. The number of pyridine rings is 1. The molecule has 0 radical (unpaired) electrons. The van der Waals surface area contributed by atoms with E-state index in [1.807, 2.05) is 13.0 Å². The highest BCUT2D eigenvalue weighted by atomic mass is 35.5. The zero-order valence-corrected chi connectivity index (χ0v) is 34.4. The molecule has 58 heavy (non-hydrogen) atoms. The molecule has 6 rings (SSSR count). The molecule has 2 aromatic rings. The molecule has 2 aliphatic carbocycles. The molecule has 1 aromatic carbocycles. The van der Waals surface area contributed by atoms with Crippen LogP contribution < -0.4 is 24.8 Å². The molecule has 0 spiro atoms. The Balaban J connectivity index is 1.38. The minimum absolute atomic E-state index is 0.0399. The van der Waals surface area contributed by atoms with Crippen molar-refractivity contribution in [2.24, 2.45) is 17.8 Å². The normalized spacial score (nSPS) is 28.3. The first-order chi connectivity index (χ1) is 27.2. The average molecular weight is 856 g/mol. The lowest BCUT2D eigenvalue weighted by atomic mass is 9.85. The van der Waals surface area contributed by atoms with Crippen molar-refractivity contribution in [2.75, 3.05) is 13.7 Å². The van der Waals surface area contributed by atoms with E-state index < -0.39 is 86.4 Å². The highest BCUT2D eigenvalue weighted by Crippen LogP contribution is 2.46. The van der Waals surface area contributed by atoms with Gasteiger partial charge in [0.25, 0.3) is 5.91 Å². The van der Waals surface area contributed by atoms with E-state index in [0.29, 0.717) is 73.9 Å². The summed E-state index contributed by atoms with van der Waals surface area (Å²) in [7, 11) is -2.54. The number of rotatable bonds is 9. The number of aromatic nitrogens is 1. The molecule has 3 N–H and O–H groups in total. The Labute approximate surface area is 340 Å². The number of amides is 4. The van der Waals surface area contributed by atoms with Crippen molar-refractivity contribution < 1.29 is 55.0 Å². The van der Waals surface area contributed by atoms with Crippen molar-refractivity contribution in [3.05, 3.63) is 41.6 Å². The van der Waals surface area contributed by atoms with Crippen molar-refractivity contribution in [3.8, 4) is 11.6 Å². The zero-order chi connectivity index (χ0) is 42.4. The van der Waals surface area contributed by atoms with Gasteiger partial charge >= 0.3 is 12.3 Å². The van der Waals surface area contributed by atoms with Crippen molar-refractivity contribution >= 4 is 56.2 Å². The van der Waals surface area contributed by atoms with Crippen LogP contribution in [0.1, 0.15) is 79.1 Å². The lowest BCUT2D eigenvalue weighted by molar-refractivity contribution is -0.244. The van der Waals surface area contributed by atoms with Crippen LogP contribution in [0.15, 0.2) is 36.5 Å². The second-order valence-electron chi connectivity index (χ2n) is 16.3. The van der Waals surface area contributed by atoms with Gasteiger partial charge in [0, 0.05) is 23.1 Å². The number of carbonyl (C=O) groups excluding carboxylic acids is 4. The molecule has 2 aliphatic heterocycles. The Hall–Kier alpha value is -4.32. The monoisotopic (exact) mass is 855 g/mol. The average Bonchev–Trinajstić information content (AvgIpc) is 4.07. The zero-order valence-electron chi connectivity index (χ0n) is 32.9.